The van der Waals surface area contributed by atoms with Crippen molar-refractivity contribution in [3.8, 4) is 5.75 Å². The predicted octanol–water partition coefficient (Wildman–Crippen LogP) is 3.69. The third-order valence-corrected chi connectivity index (χ3v) is 4.20. The summed E-state index contributed by atoms with van der Waals surface area (Å²) in [6.07, 6.45) is 0. The van der Waals surface area contributed by atoms with Crippen LogP contribution in [-0.4, -0.2) is 24.7 Å². The number of ether oxygens (including phenoxy) is 1. The summed E-state index contributed by atoms with van der Waals surface area (Å²) in [5.41, 5.74) is 2.32. The van der Waals surface area contributed by atoms with E-state index < -0.39 is 0 Å². The molecule has 0 spiro atoms. The highest BCUT2D eigenvalue weighted by Crippen LogP contribution is 2.28. The molecule has 126 valence electrons. The molecule has 0 fully saturated rings. The van der Waals surface area contributed by atoms with E-state index in [-0.39, 0.29) is 11.8 Å². The maximum absolute atomic E-state index is 12.1. The van der Waals surface area contributed by atoms with Gasteiger partial charge < -0.3 is 15.4 Å². The average molecular weight is 344 g/mol. The van der Waals surface area contributed by atoms with Crippen molar-refractivity contribution in [2.45, 2.75) is 18.7 Å². The van der Waals surface area contributed by atoms with Crippen LogP contribution in [0.15, 0.2) is 47.4 Å². The van der Waals surface area contributed by atoms with Gasteiger partial charge in [0, 0.05) is 17.5 Å². The monoisotopic (exact) mass is 344 g/mol. The zero-order chi connectivity index (χ0) is 17.5. The number of aryl methyl sites for hydroxylation is 1. The molecule has 0 atom stereocenters. The lowest BCUT2D eigenvalue weighted by atomic mass is 10.2. The lowest BCUT2D eigenvalue weighted by Gasteiger charge is -2.12. The molecule has 2 rings (SSSR count). The van der Waals surface area contributed by atoms with Crippen LogP contribution in [-0.2, 0) is 9.59 Å². The third-order valence-electron chi connectivity index (χ3n) is 3.18. The number of methoxy groups -OCH3 is 1. The lowest BCUT2D eigenvalue weighted by Crippen LogP contribution is -2.14. The molecular formula is C18H20N2O3S. The Bertz CT molecular complexity index is 730. The van der Waals surface area contributed by atoms with Gasteiger partial charge in [-0.3, -0.25) is 9.59 Å². The van der Waals surface area contributed by atoms with Gasteiger partial charge in [-0.1, -0.05) is 17.7 Å². The average Bonchev–Trinajstić information content (AvgIpc) is 2.54. The van der Waals surface area contributed by atoms with Crippen LogP contribution in [0.1, 0.15) is 12.5 Å². The minimum atomic E-state index is -0.202. The minimum Gasteiger partial charge on any atom is -0.495 e. The number of rotatable bonds is 6. The zero-order valence-electron chi connectivity index (χ0n) is 13.9. The van der Waals surface area contributed by atoms with Crippen molar-refractivity contribution >= 4 is 35.0 Å². The van der Waals surface area contributed by atoms with E-state index in [2.05, 4.69) is 10.6 Å². The molecule has 0 unspecified atom stereocenters. The van der Waals surface area contributed by atoms with Gasteiger partial charge in [-0.2, -0.15) is 0 Å². The summed E-state index contributed by atoms with van der Waals surface area (Å²) in [7, 11) is 1.52. The van der Waals surface area contributed by atoms with Crippen molar-refractivity contribution in [2.24, 2.45) is 0 Å². The summed E-state index contributed by atoms with van der Waals surface area (Å²) in [5.74, 6) is 0.535. The second-order valence-electron chi connectivity index (χ2n) is 5.25. The standard InChI is InChI=1S/C18H20N2O3S/c1-12-4-7-15(8-5-12)24-11-18(22)20-14-6-9-17(23-3)16(10-14)19-13(2)21/h4-10H,11H2,1-3H3,(H,19,21)(H,20,22). The largest absolute Gasteiger partial charge is 0.495 e. The van der Waals surface area contributed by atoms with Crippen molar-refractivity contribution in [3.63, 3.8) is 0 Å². The highest BCUT2D eigenvalue weighted by molar-refractivity contribution is 8.00. The van der Waals surface area contributed by atoms with E-state index in [0.717, 1.165) is 4.90 Å². The number of nitrogens with one attached hydrogen (secondary N) is 2. The van der Waals surface area contributed by atoms with Crippen LogP contribution in [0.3, 0.4) is 0 Å². The normalized spacial score (nSPS) is 10.1. The number of hydrogen-bond donors (Lipinski definition) is 2. The molecule has 0 saturated heterocycles. The fraction of sp³-hybridized carbons (Fsp3) is 0.222. The van der Waals surface area contributed by atoms with Gasteiger partial charge in [0.2, 0.25) is 11.8 Å². The van der Waals surface area contributed by atoms with Gasteiger partial charge in [0.25, 0.3) is 0 Å². The van der Waals surface area contributed by atoms with Crippen molar-refractivity contribution in [3.05, 3.63) is 48.0 Å². The van der Waals surface area contributed by atoms with E-state index >= 15 is 0 Å². The Balaban J connectivity index is 1.97. The summed E-state index contributed by atoms with van der Waals surface area (Å²) in [6.45, 7) is 3.44. The van der Waals surface area contributed by atoms with Crippen molar-refractivity contribution < 1.29 is 14.3 Å². The van der Waals surface area contributed by atoms with Gasteiger partial charge in [-0.05, 0) is 37.3 Å². The number of carbonyl (C=O) groups excluding carboxylic acids is 2. The fourth-order valence-electron chi connectivity index (χ4n) is 2.05. The van der Waals surface area contributed by atoms with Crippen molar-refractivity contribution in [1.29, 1.82) is 0 Å². The maximum atomic E-state index is 12.1. The minimum absolute atomic E-state index is 0.112. The topological polar surface area (TPSA) is 67.4 Å². The maximum Gasteiger partial charge on any atom is 0.234 e. The van der Waals surface area contributed by atoms with Crippen LogP contribution in [0.25, 0.3) is 0 Å². The first kappa shape index (κ1) is 17.9. The van der Waals surface area contributed by atoms with Gasteiger partial charge in [0.05, 0.1) is 18.6 Å². The molecule has 0 aromatic heterocycles. The van der Waals surface area contributed by atoms with Crippen LogP contribution >= 0.6 is 11.8 Å². The number of benzene rings is 2. The molecule has 2 aromatic rings. The molecule has 0 bridgehead atoms. The Hall–Kier alpha value is -2.47. The molecule has 0 aliphatic rings. The number of carbonyl (C=O) groups is 2. The first-order valence-electron chi connectivity index (χ1n) is 7.43. The Morgan fingerprint density at radius 1 is 1.08 bits per heavy atom. The summed E-state index contributed by atoms with van der Waals surface area (Å²) >= 11 is 1.47. The first-order valence-corrected chi connectivity index (χ1v) is 8.41. The third kappa shape index (κ3) is 5.31. The quantitative estimate of drug-likeness (QED) is 0.784. The molecule has 6 heteroatoms. The van der Waals surface area contributed by atoms with Crippen LogP contribution in [0, 0.1) is 6.92 Å². The summed E-state index contributed by atoms with van der Waals surface area (Å²) < 4.78 is 5.19. The smallest absolute Gasteiger partial charge is 0.234 e. The molecule has 5 nitrogen and oxygen atoms in total. The fourth-order valence-corrected chi connectivity index (χ4v) is 2.75. The Kier molecular flexibility index (Phi) is 6.26. The molecule has 2 aromatic carbocycles. The molecule has 0 radical (unpaired) electrons. The second kappa shape index (κ2) is 8.40. The summed E-state index contributed by atoms with van der Waals surface area (Å²) in [4.78, 5) is 24.4. The molecule has 24 heavy (non-hydrogen) atoms. The molecule has 0 aliphatic heterocycles. The van der Waals surface area contributed by atoms with E-state index in [0.29, 0.717) is 22.9 Å². The number of amides is 2. The van der Waals surface area contributed by atoms with Gasteiger partial charge >= 0.3 is 0 Å². The van der Waals surface area contributed by atoms with Gasteiger partial charge in [0.15, 0.2) is 0 Å². The van der Waals surface area contributed by atoms with E-state index in [1.807, 2.05) is 31.2 Å². The van der Waals surface area contributed by atoms with Crippen molar-refractivity contribution in [1.82, 2.24) is 0 Å². The molecule has 2 N–H and O–H groups in total. The number of anilines is 2. The molecule has 0 aliphatic carbocycles. The Morgan fingerprint density at radius 3 is 2.42 bits per heavy atom. The summed E-state index contributed by atoms with van der Waals surface area (Å²) in [6, 6.07) is 13.1. The highest BCUT2D eigenvalue weighted by atomic mass is 32.2. The summed E-state index contributed by atoms with van der Waals surface area (Å²) in [5, 5.41) is 5.50. The zero-order valence-corrected chi connectivity index (χ0v) is 14.7. The van der Waals surface area contributed by atoms with E-state index in [1.165, 1.54) is 31.4 Å². The first-order chi connectivity index (χ1) is 11.5. The SMILES string of the molecule is COc1ccc(NC(=O)CSc2ccc(C)cc2)cc1NC(C)=O. The predicted molar refractivity (Wildman–Crippen MR) is 97.8 cm³/mol. The Labute approximate surface area is 145 Å². The number of thioether (sulfide) groups is 1. The molecule has 0 saturated carbocycles. The van der Waals surface area contributed by atoms with E-state index in [4.69, 9.17) is 4.74 Å². The van der Waals surface area contributed by atoms with Gasteiger partial charge in [-0.25, -0.2) is 0 Å². The molecule has 2 amide bonds. The van der Waals surface area contributed by atoms with Crippen molar-refractivity contribution in [2.75, 3.05) is 23.5 Å². The lowest BCUT2D eigenvalue weighted by molar-refractivity contribution is -0.114. The van der Waals surface area contributed by atoms with Crippen LogP contribution in [0.2, 0.25) is 0 Å². The molecular weight excluding hydrogens is 324 g/mol. The van der Waals surface area contributed by atoms with E-state index in [9.17, 15) is 9.59 Å². The van der Waals surface area contributed by atoms with Crippen LogP contribution < -0.4 is 15.4 Å². The van der Waals surface area contributed by atoms with Crippen LogP contribution in [0.4, 0.5) is 11.4 Å². The van der Waals surface area contributed by atoms with E-state index in [1.54, 1.807) is 18.2 Å². The number of hydrogen-bond acceptors (Lipinski definition) is 4. The highest BCUT2D eigenvalue weighted by Gasteiger charge is 2.09. The molecule has 0 heterocycles. The van der Waals surface area contributed by atoms with Gasteiger partial charge in [-0.15, -0.1) is 11.8 Å². The Morgan fingerprint density at radius 2 is 1.79 bits per heavy atom. The van der Waals surface area contributed by atoms with Crippen LogP contribution in [0.5, 0.6) is 5.75 Å². The second-order valence-corrected chi connectivity index (χ2v) is 6.29. The van der Waals surface area contributed by atoms with Gasteiger partial charge in [0.1, 0.15) is 5.75 Å².